The van der Waals surface area contributed by atoms with Crippen LogP contribution in [0.15, 0.2) is 102 Å². The first-order chi connectivity index (χ1) is 20.3. The maximum atomic E-state index is 13.6. The van der Waals surface area contributed by atoms with Crippen LogP contribution in [0.2, 0.25) is 10.0 Å². The topological polar surface area (TPSA) is 80.2 Å². The fraction of sp³-hybridized carbons (Fsp3) is 0.0938. The molecule has 1 heterocycles. The number of amides is 2. The lowest BCUT2D eigenvalue weighted by Gasteiger charge is -2.15. The lowest BCUT2D eigenvalue weighted by atomic mass is 10.00. The lowest BCUT2D eigenvalue weighted by molar-refractivity contribution is -0.118. The molecule has 0 radical (unpaired) electrons. The SMILES string of the molecule is CCOc1cc(/C=C2\C(=O)N(c3ccccc3)N=C2c2ccccc2)cc(I)c1OCC(=O)Nc1ccc(Cl)c(Cl)c1. The largest absolute Gasteiger partial charge is 0.490 e. The van der Waals surface area contributed by atoms with Gasteiger partial charge in [0.2, 0.25) is 0 Å². The van der Waals surface area contributed by atoms with Crippen LogP contribution in [0.3, 0.4) is 0 Å². The van der Waals surface area contributed by atoms with Crippen molar-refractivity contribution in [2.24, 2.45) is 5.10 Å². The Morgan fingerprint density at radius 3 is 2.36 bits per heavy atom. The third-order valence-corrected chi connectivity index (χ3v) is 7.66. The number of benzene rings is 4. The first-order valence-corrected chi connectivity index (χ1v) is 14.8. The molecule has 4 aromatic rings. The van der Waals surface area contributed by atoms with Gasteiger partial charge in [0.15, 0.2) is 18.1 Å². The van der Waals surface area contributed by atoms with Gasteiger partial charge in [-0.2, -0.15) is 10.1 Å². The minimum atomic E-state index is -0.376. The second-order valence-electron chi connectivity index (χ2n) is 9.05. The van der Waals surface area contributed by atoms with Crippen molar-refractivity contribution in [2.45, 2.75) is 6.92 Å². The summed E-state index contributed by atoms with van der Waals surface area (Å²) in [5, 5.41) is 9.57. The minimum Gasteiger partial charge on any atom is -0.490 e. The average Bonchev–Trinajstić information content (AvgIpc) is 3.31. The predicted molar refractivity (Wildman–Crippen MR) is 176 cm³/mol. The molecular formula is C32H24Cl2IN3O4. The average molecular weight is 712 g/mol. The smallest absolute Gasteiger partial charge is 0.281 e. The number of carbonyl (C=O) groups is 2. The zero-order valence-electron chi connectivity index (χ0n) is 22.3. The number of hydrazone groups is 1. The molecule has 1 aliphatic heterocycles. The van der Waals surface area contributed by atoms with E-state index in [0.29, 0.717) is 54.4 Å². The van der Waals surface area contributed by atoms with Crippen LogP contribution in [-0.2, 0) is 9.59 Å². The molecule has 0 saturated heterocycles. The highest BCUT2D eigenvalue weighted by Gasteiger charge is 2.32. The zero-order valence-corrected chi connectivity index (χ0v) is 26.0. The molecule has 1 aliphatic rings. The van der Waals surface area contributed by atoms with E-state index in [0.717, 1.165) is 11.1 Å². The van der Waals surface area contributed by atoms with Gasteiger partial charge in [-0.1, -0.05) is 71.7 Å². The maximum absolute atomic E-state index is 13.6. The van der Waals surface area contributed by atoms with Gasteiger partial charge in [0.1, 0.15) is 5.71 Å². The van der Waals surface area contributed by atoms with Crippen LogP contribution in [0.4, 0.5) is 11.4 Å². The van der Waals surface area contributed by atoms with Crippen molar-refractivity contribution in [3.8, 4) is 11.5 Å². The number of anilines is 2. The molecule has 0 bridgehead atoms. The summed E-state index contributed by atoms with van der Waals surface area (Å²) >= 11 is 14.1. The lowest BCUT2D eigenvalue weighted by Crippen LogP contribution is -2.21. The maximum Gasteiger partial charge on any atom is 0.281 e. The van der Waals surface area contributed by atoms with Crippen molar-refractivity contribution in [1.29, 1.82) is 0 Å². The molecule has 42 heavy (non-hydrogen) atoms. The molecule has 0 spiro atoms. The van der Waals surface area contributed by atoms with E-state index in [9.17, 15) is 9.59 Å². The normalized spacial score (nSPS) is 13.7. The van der Waals surface area contributed by atoms with Gasteiger partial charge in [0, 0.05) is 11.3 Å². The standard InChI is InChI=1S/C32H24Cl2IN3O4/c1-2-41-28-17-20(16-27(35)31(28)42-19-29(39)36-22-13-14-25(33)26(34)18-22)15-24-30(21-9-5-3-6-10-21)37-38(32(24)40)23-11-7-4-8-12-23/h3-18H,2,19H2,1H3,(H,36,39)/b24-15-. The first kappa shape index (κ1) is 29.6. The molecule has 4 aromatic carbocycles. The number of carbonyl (C=O) groups excluding carboxylic acids is 2. The Bertz CT molecular complexity index is 1700. The van der Waals surface area contributed by atoms with Crippen molar-refractivity contribution in [2.75, 3.05) is 23.5 Å². The van der Waals surface area contributed by atoms with E-state index in [2.05, 4.69) is 27.9 Å². The van der Waals surface area contributed by atoms with Gasteiger partial charge in [-0.05, 0) is 83.6 Å². The van der Waals surface area contributed by atoms with E-state index >= 15 is 0 Å². The number of hydrogen-bond acceptors (Lipinski definition) is 5. The summed E-state index contributed by atoms with van der Waals surface area (Å²) < 4.78 is 12.5. The Balaban J connectivity index is 1.43. The Hall–Kier alpha value is -3.86. The summed E-state index contributed by atoms with van der Waals surface area (Å²) in [5.74, 6) is 0.248. The van der Waals surface area contributed by atoms with Crippen LogP contribution < -0.4 is 19.8 Å². The fourth-order valence-corrected chi connectivity index (χ4v) is 5.33. The first-order valence-electron chi connectivity index (χ1n) is 12.9. The quantitative estimate of drug-likeness (QED) is 0.142. The summed E-state index contributed by atoms with van der Waals surface area (Å²) in [7, 11) is 0. The van der Waals surface area contributed by atoms with Crippen molar-refractivity contribution < 1.29 is 19.1 Å². The Kier molecular flexibility index (Phi) is 9.46. The van der Waals surface area contributed by atoms with Gasteiger partial charge in [-0.15, -0.1) is 0 Å². The summed E-state index contributed by atoms with van der Waals surface area (Å²) in [6, 6.07) is 27.3. The molecular weight excluding hydrogens is 688 g/mol. The van der Waals surface area contributed by atoms with Crippen LogP contribution in [0.25, 0.3) is 6.08 Å². The van der Waals surface area contributed by atoms with Crippen LogP contribution >= 0.6 is 45.8 Å². The van der Waals surface area contributed by atoms with Crippen molar-refractivity contribution in [1.82, 2.24) is 0 Å². The van der Waals surface area contributed by atoms with Gasteiger partial charge in [0.05, 0.1) is 31.5 Å². The van der Waals surface area contributed by atoms with Crippen LogP contribution in [0, 0.1) is 3.57 Å². The van der Waals surface area contributed by atoms with Gasteiger partial charge in [-0.3, -0.25) is 9.59 Å². The summed E-state index contributed by atoms with van der Waals surface area (Å²) in [6.45, 7) is 1.97. The van der Waals surface area contributed by atoms with Gasteiger partial charge in [-0.25, -0.2) is 0 Å². The molecule has 0 unspecified atom stereocenters. The van der Waals surface area contributed by atoms with E-state index in [-0.39, 0.29) is 18.4 Å². The Morgan fingerprint density at radius 1 is 0.952 bits per heavy atom. The molecule has 0 aromatic heterocycles. The molecule has 1 N–H and O–H groups in total. The molecule has 2 amide bonds. The van der Waals surface area contributed by atoms with Crippen LogP contribution in [0.1, 0.15) is 18.1 Å². The second-order valence-corrected chi connectivity index (χ2v) is 11.0. The zero-order chi connectivity index (χ0) is 29.6. The second kappa shape index (κ2) is 13.4. The highest BCUT2D eigenvalue weighted by atomic mass is 127. The van der Waals surface area contributed by atoms with E-state index in [4.69, 9.17) is 37.8 Å². The van der Waals surface area contributed by atoms with Crippen molar-refractivity contribution >= 4 is 80.8 Å². The van der Waals surface area contributed by atoms with Crippen LogP contribution in [0.5, 0.6) is 11.5 Å². The summed E-state index contributed by atoms with van der Waals surface area (Å²) in [6.07, 6.45) is 1.79. The van der Waals surface area contributed by atoms with Gasteiger partial charge in [0.25, 0.3) is 11.8 Å². The van der Waals surface area contributed by atoms with E-state index in [1.165, 1.54) is 5.01 Å². The number of ether oxygens (including phenoxy) is 2. The van der Waals surface area contributed by atoms with E-state index in [1.54, 1.807) is 30.3 Å². The molecule has 7 nitrogen and oxygen atoms in total. The molecule has 0 aliphatic carbocycles. The number of halogens is 3. The Morgan fingerprint density at radius 2 is 1.67 bits per heavy atom. The molecule has 10 heteroatoms. The molecule has 212 valence electrons. The van der Waals surface area contributed by atoms with Crippen molar-refractivity contribution in [3.05, 3.63) is 121 Å². The number of rotatable bonds is 9. The highest BCUT2D eigenvalue weighted by Crippen LogP contribution is 2.36. The van der Waals surface area contributed by atoms with E-state index < -0.39 is 0 Å². The summed E-state index contributed by atoms with van der Waals surface area (Å²) in [4.78, 5) is 26.2. The number of hydrogen-bond donors (Lipinski definition) is 1. The summed E-state index contributed by atoms with van der Waals surface area (Å²) in [5.41, 5.74) is 3.73. The third-order valence-electron chi connectivity index (χ3n) is 6.12. The van der Waals surface area contributed by atoms with Gasteiger partial charge >= 0.3 is 0 Å². The number of nitrogens with zero attached hydrogens (tertiary/aromatic N) is 2. The van der Waals surface area contributed by atoms with Crippen LogP contribution in [-0.4, -0.2) is 30.7 Å². The molecule has 0 fully saturated rings. The van der Waals surface area contributed by atoms with Gasteiger partial charge < -0.3 is 14.8 Å². The molecule has 0 atom stereocenters. The van der Waals surface area contributed by atoms with E-state index in [1.807, 2.05) is 73.7 Å². The molecule has 5 rings (SSSR count). The monoisotopic (exact) mass is 711 g/mol. The predicted octanol–water partition coefficient (Wildman–Crippen LogP) is 7.85. The number of nitrogens with one attached hydrogen (secondary N) is 1. The number of para-hydroxylation sites is 1. The fourth-order valence-electron chi connectivity index (χ4n) is 4.25. The van der Waals surface area contributed by atoms with Crippen molar-refractivity contribution in [3.63, 3.8) is 0 Å². The Labute approximate surface area is 266 Å². The highest BCUT2D eigenvalue weighted by molar-refractivity contribution is 14.1. The minimum absolute atomic E-state index is 0.243. The third kappa shape index (κ3) is 6.78. The molecule has 0 saturated carbocycles.